The van der Waals surface area contributed by atoms with E-state index in [9.17, 15) is 0 Å². The van der Waals surface area contributed by atoms with Crippen molar-refractivity contribution in [1.82, 2.24) is 0 Å². The summed E-state index contributed by atoms with van der Waals surface area (Å²) in [5, 5.41) is 7.48. The molecule has 13 rings (SSSR count). The van der Waals surface area contributed by atoms with Crippen molar-refractivity contribution in [2.45, 2.75) is 5.41 Å². The summed E-state index contributed by atoms with van der Waals surface area (Å²) in [4.78, 5) is 2.52. The van der Waals surface area contributed by atoms with E-state index in [1.165, 1.54) is 97.4 Å². The lowest BCUT2D eigenvalue weighted by molar-refractivity contribution is 0.768. The zero-order valence-corrected chi connectivity index (χ0v) is 36.3. The number of hydrogen-bond donors (Lipinski definition) is 0. The number of benzene rings is 11. The first-order valence-corrected chi connectivity index (χ1v) is 23.2. The van der Waals surface area contributed by atoms with Gasteiger partial charge in [0.1, 0.15) is 0 Å². The smallest absolute Gasteiger partial charge is 0.0714 e. The summed E-state index contributed by atoms with van der Waals surface area (Å²) in [6, 6.07) is 92.5. The van der Waals surface area contributed by atoms with Crippen LogP contribution in [-0.4, -0.2) is 0 Å². The molecule has 11 aromatic carbocycles. The molecule has 1 aromatic heterocycles. The van der Waals surface area contributed by atoms with Crippen LogP contribution in [-0.2, 0) is 5.41 Å². The molecule has 65 heavy (non-hydrogen) atoms. The van der Waals surface area contributed by atoms with Crippen LogP contribution in [0.2, 0.25) is 0 Å². The van der Waals surface area contributed by atoms with Gasteiger partial charge in [-0.25, -0.2) is 0 Å². The van der Waals surface area contributed by atoms with Gasteiger partial charge in [-0.1, -0.05) is 200 Å². The average Bonchev–Trinajstić information content (AvgIpc) is 3.90. The van der Waals surface area contributed by atoms with Crippen LogP contribution >= 0.6 is 11.3 Å². The van der Waals surface area contributed by atoms with Crippen molar-refractivity contribution >= 4 is 70.1 Å². The van der Waals surface area contributed by atoms with Gasteiger partial charge in [-0.2, -0.15) is 0 Å². The highest BCUT2D eigenvalue weighted by Crippen LogP contribution is 2.57. The lowest BCUT2D eigenvalue weighted by atomic mass is 9.67. The summed E-state index contributed by atoms with van der Waals surface area (Å²) in [6.45, 7) is 0. The van der Waals surface area contributed by atoms with E-state index in [0.717, 1.165) is 17.1 Å². The number of hydrogen-bond acceptors (Lipinski definition) is 2. The molecule has 1 heterocycles. The van der Waals surface area contributed by atoms with Gasteiger partial charge in [-0.15, -0.1) is 11.3 Å². The third-order valence-corrected chi connectivity index (χ3v) is 14.8. The van der Waals surface area contributed by atoms with Crippen molar-refractivity contribution in [2.75, 3.05) is 4.90 Å². The van der Waals surface area contributed by atoms with Crippen molar-refractivity contribution in [3.63, 3.8) is 0 Å². The van der Waals surface area contributed by atoms with E-state index in [4.69, 9.17) is 0 Å². The molecule has 0 saturated heterocycles. The van der Waals surface area contributed by atoms with Gasteiger partial charge in [0.05, 0.1) is 11.1 Å². The molecule has 1 aliphatic rings. The Hall–Kier alpha value is -8.04. The molecule has 0 unspecified atom stereocenters. The van der Waals surface area contributed by atoms with E-state index in [0.29, 0.717) is 0 Å². The summed E-state index contributed by atoms with van der Waals surface area (Å²) >= 11 is 1.86. The highest BCUT2D eigenvalue weighted by Gasteiger charge is 2.46. The normalized spacial score (nSPS) is 12.7. The second-order valence-electron chi connectivity index (χ2n) is 17.2. The fraction of sp³-hybridized carbons (Fsp3) is 0.0159. The quantitative estimate of drug-likeness (QED) is 0.154. The van der Waals surface area contributed by atoms with Gasteiger partial charge in [-0.05, 0) is 120 Å². The van der Waals surface area contributed by atoms with E-state index < -0.39 is 5.41 Å². The number of rotatable bonds is 7. The number of nitrogens with zero attached hydrogens (tertiary/aromatic N) is 1. The lowest BCUT2D eigenvalue weighted by Crippen LogP contribution is -2.28. The van der Waals surface area contributed by atoms with Crippen molar-refractivity contribution in [3.05, 3.63) is 271 Å². The van der Waals surface area contributed by atoms with Crippen LogP contribution in [0.4, 0.5) is 17.1 Å². The van der Waals surface area contributed by atoms with Crippen LogP contribution in [0.15, 0.2) is 249 Å². The zero-order valence-electron chi connectivity index (χ0n) is 35.5. The van der Waals surface area contributed by atoms with Crippen LogP contribution in [0.1, 0.15) is 22.3 Å². The Balaban J connectivity index is 1.11. The summed E-state index contributed by atoms with van der Waals surface area (Å²) in [5.41, 5.74) is 15.2. The molecule has 0 spiro atoms. The van der Waals surface area contributed by atoms with Crippen molar-refractivity contribution in [2.24, 2.45) is 0 Å². The van der Waals surface area contributed by atoms with Gasteiger partial charge in [0.15, 0.2) is 0 Å². The van der Waals surface area contributed by atoms with Crippen LogP contribution in [0.3, 0.4) is 0 Å². The minimum Gasteiger partial charge on any atom is -0.310 e. The van der Waals surface area contributed by atoms with Crippen LogP contribution in [0.25, 0.3) is 75.1 Å². The first-order chi connectivity index (χ1) is 32.2. The molecule has 0 radical (unpaired) electrons. The fourth-order valence-corrected chi connectivity index (χ4v) is 12.0. The lowest BCUT2D eigenvalue weighted by Gasteiger charge is -2.35. The van der Waals surface area contributed by atoms with Gasteiger partial charge in [0.25, 0.3) is 0 Å². The second kappa shape index (κ2) is 15.1. The predicted molar refractivity (Wildman–Crippen MR) is 277 cm³/mol. The number of thiophene rings is 1. The Bertz CT molecular complexity index is 3760. The average molecular weight is 844 g/mol. The fourth-order valence-electron chi connectivity index (χ4n) is 10.8. The second-order valence-corrected chi connectivity index (χ2v) is 18.3. The summed E-state index contributed by atoms with van der Waals surface area (Å²) in [5.74, 6) is 0. The molecule has 2 heteroatoms. The Morgan fingerprint density at radius 1 is 0.323 bits per heavy atom. The molecule has 0 aliphatic heterocycles. The first kappa shape index (κ1) is 37.5. The van der Waals surface area contributed by atoms with Gasteiger partial charge in [0.2, 0.25) is 0 Å². The summed E-state index contributed by atoms with van der Waals surface area (Å²) < 4.78 is 2.56. The zero-order chi connectivity index (χ0) is 42.9. The van der Waals surface area contributed by atoms with Crippen LogP contribution in [0, 0.1) is 0 Å². The van der Waals surface area contributed by atoms with Crippen molar-refractivity contribution in [1.29, 1.82) is 0 Å². The molecule has 0 saturated carbocycles. The SMILES string of the molecule is c1ccc(C2(c3cccc(N(c4ccc5c(c4)sc4ccccc45)c4cccc(-c5ccc6ccccc6c5)c4-c4ccc5ccccc5c4)c3)c3ccccc3-c3ccccc32)cc1. The summed E-state index contributed by atoms with van der Waals surface area (Å²) in [6.07, 6.45) is 0. The molecule has 0 bridgehead atoms. The third kappa shape index (κ3) is 5.92. The minimum absolute atomic E-state index is 0.542. The maximum absolute atomic E-state index is 2.52. The molecule has 0 fully saturated rings. The number of fused-ring (bicyclic) bond motifs is 8. The largest absolute Gasteiger partial charge is 0.310 e. The Labute approximate surface area is 382 Å². The highest BCUT2D eigenvalue weighted by molar-refractivity contribution is 7.25. The van der Waals surface area contributed by atoms with E-state index in [-0.39, 0.29) is 0 Å². The Morgan fingerprint density at radius 2 is 0.877 bits per heavy atom. The Kier molecular flexibility index (Phi) is 8.69. The third-order valence-electron chi connectivity index (χ3n) is 13.7. The van der Waals surface area contributed by atoms with Gasteiger partial charge in [-0.3, -0.25) is 0 Å². The summed E-state index contributed by atoms with van der Waals surface area (Å²) in [7, 11) is 0. The molecular weight excluding hydrogens is 803 g/mol. The maximum Gasteiger partial charge on any atom is 0.0714 e. The maximum atomic E-state index is 2.52. The standard InChI is InChI=1S/C63H41NS/c1-2-20-48(21-3-1)63(57-28-11-8-24-53(57)54-25-9-12-29-58(54)63)49-22-14-23-50(40-49)64(51-36-37-56-55-26-10-13-31-60(55)65-61(56)41-51)59-30-15-27-52(46-34-32-42-16-4-6-18-44(42)38-46)62(59)47-35-33-43-17-5-7-19-45(43)39-47/h1-41H. The first-order valence-electron chi connectivity index (χ1n) is 22.4. The minimum atomic E-state index is -0.542. The van der Waals surface area contributed by atoms with Crippen molar-refractivity contribution < 1.29 is 0 Å². The van der Waals surface area contributed by atoms with E-state index in [1.807, 2.05) is 11.3 Å². The van der Waals surface area contributed by atoms with Gasteiger partial charge >= 0.3 is 0 Å². The molecule has 0 N–H and O–H groups in total. The van der Waals surface area contributed by atoms with Crippen LogP contribution < -0.4 is 4.90 Å². The molecular formula is C63H41NS. The van der Waals surface area contributed by atoms with E-state index in [1.54, 1.807) is 0 Å². The Morgan fingerprint density at radius 3 is 1.63 bits per heavy atom. The molecule has 0 amide bonds. The highest BCUT2D eigenvalue weighted by atomic mass is 32.1. The van der Waals surface area contributed by atoms with E-state index >= 15 is 0 Å². The number of anilines is 3. The van der Waals surface area contributed by atoms with Gasteiger partial charge in [0, 0.05) is 37.1 Å². The molecule has 0 atom stereocenters. The van der Waals surface area contributed by atoms with Crippen LogP contribution in [0.5, 0.6) is 0 Å². The monoisotopic (exact) mass is 843 g/mol. The topological polar surface area (TPSA) is 3.24 Å². The molecule has 304 valence electrons. The van der Waals surface area contributed by atoms with Crippen molar-refractivity contribution in [3.8, 4) is 33.4 Å². The molecule has 12 aromatic rings. The predicted octanol–water partition coefficient (Wildman–Crippen LogP) is 17.5. The molecule has 1 nitrogen and oxygen atoms in total. The molecule has 1 aliphatic carbocycles. The van der Waals surface area contributed by atoms with Gasteiger partial charge < -0.3 is 4.90 Å². The van der Waals surface area contributed by atoms with E-state index in [2.05, 4.69) is 254 Å².